The number of nitrogens with one attached hydrogen (secondary N) is 1. The lowest BCUT2D eigenvalue weighted by molar-refractivity contribution is -0.135. The number of rotatable bonds is 2. The molecule has 1 N–H and O–H groups in total. The molecule has 1 aromatic rings. The Kier molecular flexibility index (Phi) is 6.06. The minimum Gasteiger partial charge on any atom is -0.328 e. The van der Waals surface area contributed by atoms with E-state index in [0.717, 1.165) is 50.0 Å². The quantitative estimate of drug-likeness (QED) is 0.447. The number of nitrogens with zero attached hydrogens (tertiary/aromatic N) is 1. The maximum absolute atomic E-state index is 14.0. The van der Waals surface area contributed by atoms with Gasteiger partial charge in [0.2, 0.25) is 0 Å². The summed E-state index contributed by atoms with van der Waals surface area (Å²) in [4.78, 5) is 29.0. The van der Waals surface area contributed by atoms with E-state index in [4.69, 9.17) is 11.6 Å². The lowest BCUT2D eigenvalue weighted by Gasteiger charge is -2.59. The summed E-state index contributed by atoms with van der Waals surface area (Å²) >= 11 is 6.18. The number of benzene rings is 1. The van der Waals surface area contributed by atoms with Crippen molar-refractivity contribution in [3.05, 3.63) is 47.0 Å². The SMILES string of the molecule is C[C@@]12CCC[C@H]1[C@@H]1CC[C@H]3N(C(=O)NC4(c5ccc(Cl)cc5)CCCCC4)C(=O)C=C[C@]3(C)[C@H]1CC2. The maximum Gasteiger partial charge on any atom is 0.325 e. The van der Waals surface area contributed by atoms with Crippen molar-refractivity contribution in [2.24, 2.45) is 28.6 Å². The zero-order valence-corrected chi connectivity index (χ0v) is 22.7. The number of hydrogen-bond donors (Lipinski definition) is 1. The van der Waals surface area contributed by atoms with E-state index in [-0.39, 0.29) is 23.4 Å². The lowest BCUT2D eigenvalue weighted by Crippen LogP contribution is -2.64. The summed E-state index contributed by atoms with van der Waals surface area (Å²) in [5.74, 6) is 1.91. The summed E-state index contributed by atoms with van der Waals surface area (Å²) in [5.41, 5.74) is 1.02. The van der Waals surface area contributed by atoms with Crippen LogP contribution in [0.3, 0.4) is 0 Å². The molecule has 36 heavy (non-hydrogen) atoms. The Hall–Kier alpha value is -1.81. The molecule has 194 valence electrons. The minimum absolute atomic E-state index is 0.0622. The van der Waals surface area contributed by atoms with Crippen LogP contribution in [0, 0.1) is 28.6 Å². The third-order valence-corrected chi connectivity index (χ3v) is 11.6. The molecule has 4 fully saturated rings. The van der Waals surface area contributed by atoms with Gasteiger partial charge in [-0.15, -0.1) is 0 Å². The van der Waals surface area contributed by atoms with Gasteiger partial charge in [-0.05, 0) is 92.2 Å². The number of imide groups is 1. The second-order valence-corrected chi connectivity index (χ2v) is 13.5. The molecule has 0 bridgehead atoms. The van der Waals surface area contributed by atoms with Crippen molar-refractivity contribution in [1.82, 2.24) is 10.2 Å². The molecule has 6 atom stereocenters. The van der Waals surface area contributed by atoms with Crippen molar-refractivity contribution < 1.29 is 9.59 Å². The van der Waals surface area contributed by atoms with Crippen LogP contribution in [0.5, 0.6) is 0 Å². The van der Waals surface area contributed by atoms with Gasteiger partial charge in [-0.3, -0.25) is 9.69 Å². The molecule has 0 radical (unpaired) electrons. The Balaban J connectivity index is 1.29. The summed E-state index contributed by atoms with van der Waals surface area (Å²) in [6.45, 7) is 4.86. The summed E-state index contributed by atoms with van der Waals surface area (Å²) in [7, 11) is 0. The highest BCUT2D eigenvalue weighted by Crippen LogP contribution is 2.64. The van der Waals surface area contributed by atoms with Crippen molar-refractivity contribution in [3.8, 4) is 0 Å². The normalized spacial score (nSPS) is 39.2. The Labute approximate surface area is 221 Å². The molecule has 4 nitrogen and oxygen atoms in total. The largest absolute Gasteiger partial charge is 0.328 e. The van der Waals surface area contributed by atoms with Crippen LogP contribution < -0.4 is 5.32 Å². The highest BCUT2D eigenvalue weighted by molar-refractivity contribution is 6.30. The smallest absolute Gasteiger partial charge is 0.325 e. The van der Waals surface area contributed by atoms with Gasteiger partial charge in [-0.25, -0.2) is 4.79 Å². The van der Waals surface area contributed by atoms with Crippen LogP contribution in [0.2, 0.25) is 5.02 Å². The van der Waals surface area contributed by atoms with E-state index >= 15 is 0 Å². The van der Waals surface area contributed by atoms with Crippen molar-refractivity contribution in [2.45, 2.75) is 102 Å². The van der Waals surface area contributed by atoms with Gasteiger partial charge in [0.05, 0.1) is 11.6 Å². The second-order valence-electron chi connectivity index (χ2n) is 13.0. The molecule has 0 aromatic heterocycles. The third-order valence-electron chi connectivity index (χ3n) is 11.3. The first-order valence-corrected chi connectivity index (χ1v) is 14.7. The molecule has 5 heteroatoms. The fraction of sp³-hybridized carbons (Fsp3) is 0.677. The fourth-order valence-corrected chi connectivity index (χ4v) is 9.53. The van der Waals surface area contributed by atoms with E-state index in [2.05, 4.69) is 25.2 Å². The lowest BCUT2D eigenvalue weighted by atomic mass is 9.48. The highest BCUT2D eigenvalue weighted by Gasteiger charge is 2.59. The summed E-state index contributed by atoms with van der Waals surface area (Å²) < 4.78 is 0. The Morgan fingerprint density at radius 3 is 2.42 bits per heavy atom. The van der Waals surface area contributed by atoms with E-state index < -0.39 is 5.54 Å². The second kappa shape index (κ2) is 8.89. The summed E-state index contributed by atoms with van der Waals surface area (Å²) in [5, 5.41) is 4.12. The number of halogens is 1. The van der Waals surface area contributed by atoms with E-state index in [1.165, 1.54) is 38.5 Å². The zero-order chi connectivity index (χ0) is 25.1. The van der Waals surface area contributed by atoms with Gasteiger partial charge in [0, 0.05) is 16.5 Å². The van der Waals surface area contributed by atoms with Crippen LogP contribution in [0.1, 0.15) is 96.5 Å². The molecular formula is C31H41ClN2O2. The molecule has 4 aliphatic carbocycles. The molecule has 1 aliphatic heterocycles. The van der Waals surface area contributed by atoms with Crippen molar-refractivity contribution in [1.29, 1.82) is 0 Å². The van der Waals surface area contributed by atoms with Gasteiger partial charge in [0.15, 0.2) is 0 Å². The monoisotopic (exact) mass is 508 g/mol. The first-order valence-electron chi connectivity index (χ1n) is 14.4. The molecule has 1 aromatic carbocycles. The number of urea groups is 1. The van der Waals surface area contributed by atoms with Crippen LogP contribution in [-0.4, -0.2) is 22.9 Å². The number of carbonyl (C=O) groups is 2. The van der Waals surface area contributed by atoms with E-state index in [0.29, 0.717) is 22.3 Å². The van der Waals surface area contributed by atoms with Crippen LogP contribution in [0.25, 0.3) is 0 Å². The molecule has 0 spiro atoms. The van der Waals surface area contributed by atoms with Crippen LogP contribution in [-0.2, 0) is 10.3 Å². The summed E-state index contributed by atoms with van der Waals surface area (Å²) in [6, 6.07) is 7.63. The molecule has 5 aliphatic rings. The zero-order valence-electron chi connectivity index (χ0n) is 21.9. The van der Waals surface area contributed by atoms with E-state index in [1.807, 2.05) is 24.3 Å². The average molecular weight is 509 g/mol. The molecule has 4 saturated carbocycles. The fourth-order valence-electron chi connectivity index (χ4n) is 9.41. The number of hydrogen-bond acceptors (Lipinski definition) is 2. The molecule has 0 unspecified atom stereocenters. The van der Waals surface area contributed by atoms with Gasteiger partial charge in [-0.1, -0.05) is 69.3 Å². The Morgan fingerprint density at radius 1 is 0.917 bits per heavy atom. The predicted octanol–water partition coefficient (Wildman–Crippen LogP) is 7.61. The molecule has 1 heterocycles. The molecule has 6 rings (SSSR count). The number of fused-ring (bicyclic) bond motifs is 5. The van der Waals surface area contributed by atoms with Gasteiger partial charge >= 0.3 is 6.03 Å². The van der Waals surface area contributed by atoms with Crippen molar-refractivity contribution >= 4 is 23.5 Å². The van der Waals surface area contributed by atoms with Crippen LogP contribution >= 0.6 is 11.6 Å². The van der Waals surface area contributed by atoms with Gasteiger partial charge in [0.25, 0.3) is 5.91 Å². The number of amides is 3. The van der Waals surface area contributed by atoms with Crippen molar-refractivity contribution in [2.75, 3.05) is 0 Å². The third kappa shape index (κ3) is 3.77. The molecule has 0 saturated heterocycles. The predicted molar refractivity (Wildman–Crippen MR) is 144 cm³/mol. The first-order chi connectivity index (χ1) is 17.3. The maximum atomic E-state index is 14.0. The van der Waals surface area contributed by atoms with Crippen LogP contribution in [0.15, 0.2) is 36.4 Å². The topological polar surface area (TPSA) is 49.4 Å². The first kappa shape index (κ1) is 24.5. The highest BCUT2D eigenvalue weighted by atomic mass is 35.5. The Morgan fingerprint density at radius 2 is 1.67 bits per heavy atom. The van der Waals surface area contributed by atoms with Gasteiger partial charge in [-0.2, -0.15) is 0 Å². The van der Waals surface area contributed by atoms with E-state index in [9.17, 15) is 9.59 Å². The van der Waals surface area contributed by atoms with Gasteiger partial charge in [0.1, 0.15) is 0 Å². The molecular weight excluding hydrogens is 468 g/mol. The minimum atomic E-state index is -0.439. The molecule has 3 amide bonds. The van der Waals surface area contributed by atoms with Crippen LogP contribution in [0.4, 0.5) is 4.79 Å². The summed E-state index contributed by atoms with van der Waals surface area (Å²) in [6.07, 6.45) is 17.7. The van der Waals surface area contributed by atoms with Gasteiger partial charge < -0.3 is 5.32 Å². The average Bonchev–Trinajstić information content (AvgIpc) is 3.27. The van der Waals surface area contributed by atoms with Crippen molar-refractivity contribution in [3.63, 3.8) is 0 Å². The standard InChI is InChI=1S/C31H41ClN2O2/c1-29-16-6-7-24(29)23-12-13-26-30(2,25(23)14-19-29)20-15-27(35)34(26)28(36)33-31(17-4-3-5-18-31)21-8-10-22(32)11-9-21/h8-11,15,20,23-26H,3-7,12-14,16-19H2,1-2H3,(H,33,36)/t23-,24-,25-,26+,29-,30+/m0/s1. The van der Waals surface area contributed by atoms with E-state index in [1.54, 1.807) is 11.0 Å². The Bertz CT molecular complexity index is 1060. The number of carbonyl (C=O) groups excluding carboxylic acids is 2.